The van der Waals surface area contributed by atoms with Gasteiger partial charge in [0.2, 0.25) is 11.8 Å². The molecule has 35 heavy (non-hydrogen) atoms. The van der Waals surface area contributed by atoms with Crippen LogP contribution in [-0.2, 0) is 19.1 Å². The molecule has 0 bridgehead atoms. The van der Waals surface area contributed by atoms with Crippen LogP contribution in [0.25, 0.3) is 0 Å². The van der Waals surface area contributed by atoms with E-state index in [4.69, 9.17) is 14.2 Å². The van der Waals surface area contributed by atoms with Gasteiger partial charge in [-0.2, -0.15) is 0 Å². The summed E-state index contributed by atoms with van der Waals surface area (Å²) in [5.41, 5.74) is 1.00. The van der Waals surface area contributed by atoms with Crippen LogP contribution in [0.5, 0.6) is 11.5 Å². The minimum absolute atomic E-state index is 0.187. The van der Waals surface area contributed by atoms with Crippen LogP contribution < -0.4 is 19.7 Å². The average molecular weight is 479 g/mol. The topological polar surface area (TPSA) is 94.2 Å². The maximum Gasteiger partial charge on any atom is 0.327 e. The van der Waals surface area contributed by atoms with Gasteiger partial charge in [0.15, 0.2) is 11.5 Å². The number of carbonyl (C=O) groups is 3. The number of fused-ring (bicyclic) bond motifs is 2. The van der Waals surface area contributed by atoms with E-state index in [1.54, 1.807) is 25.1 Å². The summed E-state index contributed by atoms with van der Waals surface area (Å²) < 4.78 is 16.8. The molecular formula is C27H30N2O6. The summed E-state index contributed by atoms with van der Waals surface area (Å²) in [7, 11) is 0. The van der Waals surface area contributed by atoms with Crippen LogP contribution in [0.3, 0.4) is 0 Å². The fourth-order valence-electron chi connectivity index (χ4n) is 5.80. The van der Waals surface area contributed by atoms with Crippen LogP contribution in [0.4, 0.5) is 5.69 Å². The number of benzene rings is 2. The SMILES string of the molecule is CCC[C@]1(C(=O)OCC)N[C@H](c2ccccc2C)[C@H]2C(=O)N(c3ccc4c(c3)OCCO4)C(=O)[C@H]21. The summed E-state index contributed by atoms with van der Waals surface area (Å²) in [6.07, 6.45) is 1.02. The Morgan fingerprint density at radius 3 is 2.54 bits per heavy atom. The zero-order valence-corrected chi connectivity index (χ0v) is 20.2. The third-order valence-electron chi connectivity index (χ3n) is 7.25. The molecule has 2 aromatic rings. The number of aryl methyl sites for hydroxylation is 1. The lowest BCUT2D eigenvalue weighted by molar-refractivity contribution is -0.155. The second-order valence-corrected chi connectivity index (χ2v) is 9.26. The van der Waals surface area contributed by atoms with Crippen LogP contribution in [0.15, 0.2) is 42.5 Å². The van der Waals surface area contributed by atoms with Crippen LogP contribution in [0, 0.1) is 18.8 Å². The van der Waals surface area contributed by atoms with Crippen molar-refractivity contribution in [3.8, 4) is 11.5 Å². The number of nitrogens with one attached hydrogen (secondary N) is 1. The minimum Gasteiger partial charge on any atom is -0.486 e. The van der Waals surface area contributed by atoms with E-state index < -0.39 is 35.3 Å². The molecule has 2 fully saturated rings. The first-order valence-corrected chi connectivity index (χ1v) is 12.2. The van der Waals surface area contributed by atoms with Crippen molar-refractivity contribution in [2.45, 2.75) is 45.2 Å². The predicted molar refractivity (Wildman–Crippen MR) is 128 cm³/mol. The van der Waals surface area contributed by atoms with E-state index in [0.29, 0.717) is 43.2 Å². The van der Waals surface area contributed by atoms with E-state index in [1.807, 2.05) is 38.1 Å². The highest BCUT2D eigenvalue weighted by atomic mass is 16.6. The number of esters is 1. The molecule has 1 N–H and O–H groups in total. The van der Waals surface area contributed by atoms with Crippen molar-refractivity contribution in [1.29, 1.82) is 0 Å². The second-order valence-electron chi connectivity index (χ2n) is 9.26. The van der Waals surface area contributed by atoms with Gasteiger partial charge >= 0.3 is 5.97 Å². The average Bonchev–Trinajstić information content (AvgIpc) is 3.33. The predicted octanol–water partition coefficient (Wildman–Crippen LogP) is 3.32. The number of hydrogen-bond donors (Lipinski definition) is 1. The number of carbonyl (C=O) groups excluding carboxylic acids is 3. The van der Waals surface area contributed by atoms with Crippen LogP contribution in [0.1, 0.15) is 43.9 Å². The van der Waals surface area contributed by atoms with Crippen molar-refractivity contribution in [2.75, 3.05) is 24.7 Å². The number of hydrogen-bond acceptors (Lipinski definition) is 7. The summed E-state index contributed by atoms with van der Waals surface area (Å²) >= 11 is 0. The normalized spacial score (nSPS) is 27.2. The lowest BCUT2D eigenvalue weighted by Gasteiger charge is -2.33. The molecular weight excluding hydrogens is 448 g/mol. The quantitative estimate of drug-likeness (QED) is 0.503. The van der Waals surface area contributed by atoms with Crippen molar-refractivity contribution in [3.05, 3.63) is 53.6 Å². The third-order valence-corrected chi connectivity index (χ3v) is 7.25. The molecule has 0 radical (unpaired) electrons. The van der Waals surface area contributed by atoms with Gasteiger partial charge in [0.05, 0.1) is 24.1 Å². The monoisotopic (exact) mass is 478 g/mol. The molecule has 5 rings (SSSR count). The van der Waals surface area contributed by atoms with Crippen molar-refractivity contribution in [2.24, 2.45) is 11.8 Å². The third kappa shape index (κ3) is 3.58. The number of anilines is 1. The molecule has 2 aromatic carbocycles. The Kier molecular flexibility index (Phi) is 6.01. The molecule has 8 nitrogen and oxygen atoms in total. The van der Waals surface area contributed by atoms with Gasteiger partial charge in [-0.15, -0.1) is 0 Å². The molecule has 0 unspecified atom stereocenters. The fourth-order valence-corrected chi connectivity index (χ4v) is 5.80. The Morgan fingerprint density at radius 1 is 1.09 bits per heavy atom. The molecule has 4 atom stereocenters. The molecule has 2 saturated heterocycles. The first kappa shape index (κ1) is 23.4. The number of imide groups is 1. The lowest BCUT2D eigenvalue weighted by atomic mass is 9.76. The van der Waals surface area contributed by atoms with E-state index >= 15 is 0 Å². The standard InChI is InChI=1S/C27H30N2O6/c1-4-12-27(26(32)33-5-2)22-21(23(28-27)18-9-7-6-8-16(18)3)24(30)29(25(22)31)17-10-11-19-20(15-17)35-14-13-34-19/h6-11,15,21-23,28H,4-5,12-14H2,1-3H3/t21-,22-,23+,27-/m0/s1. The van der Waals surface area contributed by atoms with Gasteiger partial charge in [-0.25, -0.2) is 4.90 Å². The van der Waals surface area contributed by atoms with E-state index in [9.17, 15) is 14.4 Å². The minimum atomic E-state index is -1.29. The molecule has 0 aliphatic carbocycles. The molecule has 184 valence electrons. The summed E-state index contributed by atoms with van der Waals surface area (Å²) in [6.45, 7) is 6.69. The summed E-state index contributed by atoms with van der Waals surface area (Å²) in [5, 5.41) is 3.44. The van der Waals surface area contributed by atoms with Gasteiger partial charge in [0.25, 0.3) is 0 Å². The van der Waals surface area contributed by atoms with E-state index in [0.717, 1.165) is 11.1 Å². The summed E-state index contributed by atoms with van der Waals surface area (Å²) in [4.78, 5) is 42.6. The highest BCUT2D eigenvalue weighted by Crippen LogP contribution is 2.52. The van der Waals surface area contributed by atoms with Crippen LogP contribution >= 0.6 is 0 Å². The van der Waals surface area contributed by atoms with Crippen molar-refractivity contribution >= 4 is 23.5 Å². The number of rotatable bonds is 6. The Morgan fingerprint density at radius 2 is 1.83 bits per heavy atom. The first-order valence-electron chi connectivity index (χ1n) is 12.2. The Bertz CT molecular complexity index is 1180. The van der Waals surface area contributed by atoms with Gasteiger partial charge in [0.1, 0.15) is 18.8 Å². The number of amides is 2. The van der Waals surface area contributed by atoms with Gasteiger partial charge in [-0.3, -0.25) is 19.7 Å². The highest BCUT2D eigenvalue weighted by molar-refractivity contribution is 6.24. The van der Waals surface area contributed by atoms with Crippen molar-refractivity contribution in [1.82, 2.24) is 5.32 Å². The highest BCUT2D eigenvalue weighted by Gasteiger charge is 2.68. The Balaban J connectivity index is 1.63. The maximum atomic E-state index is 14.0. The molecule has 0 aromatic heterocycles. The van der Waals surface area contributed by atoms with Gasteiger partial charge < -0.3 is 14.2 Å². The summed E-state index contributed by atoms with van der Waals surface area (Å²) in [6, 6.07) is 12.3. The molecule has 0 spiro atoms. The number of ether oxygens (including phenoxy) is 3. The molecule has 3 heterocycles. The molecule has 3 aliphatic rings. The largest absolute Gasteiger partial charge is 0.486 e. The van der Waals surface area contributed by atoms with Gasteiger partial charge in [-0.1, -0.05) is 37.6 Å². The van der Waals surface area contributed by atoms with Gasteiger partial charge in [0, 0.05) is 12.1 Å². The maximum absolute atomic E-state index is 14.0. The molecule has 0 saturated carbocycles. The fraction of sp³-hybridized carbons (Fsp3) is 0.444. The Labute approximate surface area is 204 Å². The van der Waals surface area contributed by atoms with E-state index in [-0.39, 0.29) is 12.5 Å². The molecule has 2 amide bonds. The smallest absolute Gasteiger partial charge is 0.327 e. The van der Waals surface area contributed by atoms with Crippen LogP contribution in [-0.4, -0.2) is 43.1 Å². The first-order chi connectivity index (χ1) is 16.9. The van der Waals surface area contributed by atoms with E-state index in [2.05, 4.69) is 5.32 Å². The zero-order chi connectivity index (χ0) is 24.7. The van der Waals surface area contributed by atoms with E-state index in [1.165, 1.54) is 4.90 Å². The molecule has 8 heteroatoms. The van der Waals surface area contributed by atoms with Gasteiger partial charge in [-0.05, 0) is 43.5 Å². The summed E-state index contributed by atoms with van der Waals surface area (Å²) in [5.74, 6) is -1.78. The van der Waals surface area contributed by atoms with Crippen molar-refractivity contribution < 1.29 is 28.6 Å². The zero-order valence-electron chi connectivity index (χ0n) is 20.2. The van der Waals surface area contributed by atoms with Crippen LogP contribution in [0.2, 0.25) is 0 Å². The Hall–Kier alpha value is -3.39. The second kappa shape index (κ2) is 9.00. The molecule has 3 aliphatic heterocycles. The van der Waals surface area contributed by atoms with Crippen molar-refractivity contribution in [3.63, 3.8) is 0 Å². The number of nitrogens with zero attached hydrogens (tertiary/aromatic N) is 1. The lowest BCUT2D eigenvalue weighted by Crippen LogP contribution is -2.56.